The van der Waals surface area contributed by atoms with Crippen LogP contribution in [0.1, 0.15) is 12.7 Å². The largest absolute Gasteiger partial charge is 0.334 e. The molecule has 1 aromatic carbocycles. The van der Waals surface area contributed by atoms with Crippen molar-refractivity contribution in [1.29, 1.82) is 0 Å². The monoisotopic (exact) mass is 203 g/mol. The maximum Gasteiger partial charge on any atom is 0.257 e. The molecular formula is C11H13N3O. The highest BCUT2D eigenvalue weighted by Crippen LogP contribution is 2.15. The molecular weight excluding hydrogens is 190 g/mol. The predicted octanol–water partition coefficient (Wildman–Crippen LogP) is 1.85. The van der Waals surface area contributed by atoms with Crippen molar-refractivity contribution < 1.29 is 4.52 Å². The SMILES string of the molecule is CCNCc1noc(-c2ccccc2)n1. The van der Waals surface area contributed by atoms with Gasteiger partial charge in [-0.25, -0.2) is 0 Å². The average molecular weight is 203 g/mol. The van der Waals surface area contributed by atoms with Crippen molar-refractivity contribution in [2.45, 2.75) is 13.5 Å². The van der Waals surface area contributed by atoms with Crippen LogP contribution in [0.4, 0.5) is 0 Å². The fraction of sp³-hybridized carbons (Fsp3) is 0.273. The summed E-state index contributed by atoms with van der Waals surface area (Å²) in [5.41, 5.74) is 0.952. The average Bonchev–Trinajstić information content (AvgIpc) is 2.76. The Bertz CT molecular complexity index is 411. The zero-order valence-electron chi connectivity index (χ0n) is 8.60. The van der Waals surface area contributed by atoms with Gasteiger partial charge in [-0.1, -0.05) is 30.3 Å². The van der Waals surface area contributed by atoms with Crippen molar-refractivity contribution in [3.05, 3.63) is 36.2 Å². The Morgan fingerprint density at radius 2 is 2.07 bits per heavy atom. The molecule has 0 amide bonds. The molecule has 2 rings (SSSR count). The van der Waals surface area contributed by atoms with Crippen LogP contribution in [0.2, 0.25) is 0 Å². The first-order valence-corrected chi connectivity index (χ1v) is 4.99. The van der Waals surface area contributed by atoms with Crippen LogP contribution in [0.25, 0.3) is 11.5 Å². The highest BCUT2D eigenvalue weighted by atomic mass is 16.5. The molecule has 1 N–H and O–H groups in total. The van der Waals surface area contributed by atoms with Gasteiger partial charge in [0.2, 0.25) is 0 Å². The van der Waals surface area contributed by atoms with Crippen molar-refractivity contribution in [2.24, 2.45) is 0 Å². The van der Waals surface area contributed by atoms with Crippen LogP contribution in [-0.4, -0.2) is 16.7 Å². The molecule has 0 aliphatic rings. The summed E-state index contributed by atoms with van der Waals surface area (Å²) in [5, 5.41) is 7.03. The number of hydrogen-bond donors (Lipinski definition) is 1. The Hall–Kier alpha value is -1.68. The maximum absolute atomic E-state index is 5.15. The minimum atomic E-state index is 0.573. The molecule has 2 aromatic rings. The normalized spacial score (nSPS) is 10.5. The Morgan fingerprint density at radius 3 is 2.80 bits per heavy atom. The second kappa shape index (κ2) is 4.70. The summed E-state index contributed by atoms with van der Waals surface area (Å²) >= 11 is 0. The van der Waals surface area contributed by atoms with E-state index in [0.29, 0.717) is 18.3 Å². The minimum absolute atomic E-state index is 0.573. The van der Waals surface area contributed by atoms with Crippen molar-refractivity contribution in [3.8, 4) is 11.5 Å². The molecule has 0 fully saturated rings. The van der Waals surface area contributed by atoms with E-state index in [2.05, 4.69) is 15.5 Å². The third kappa shape index (κ3) is 2.41. The van der Waals surface area contributed by atoms with Crippen LogP contribution in [0.15, 0.2) is 34.9 Å². The topological polar surface area (TPSA) is 51.0 Å². The molecule has 0 atom stereocenters. The van der Waals surface area contributed by atoms with E-state index in [1.54, 1.807) is 0 Å². The first kappa shape index (κ1) is 9.86. The fourth-order valence-corrected chi connectivity index (χ4v) is 1.26. The lowest BCUT2D eigenvalue weighted by Crippen LogP contribution is -2.12. The van der Waals surface area contributed by atoms with Gasteiger partial charge >= 0.3 is 0 Å². The van der Waals surface area contributed by atoms with Crippen molar-refractivity contribution >= 4 is 0 Å². The molecule has 78 valence electrons. The summed E-state index contributed by atoms with van der Waals surface area (Å²) in [4.78, 5) is 4.28. The van der Waals surface area contributed by atoms with Gasteiger partial charge in [0.1, 0.15) is 0 Å². The second-order valence-corrected chi connectivity index (χ2v) is 3.16. The van der Waals surface area contributed by atoms with Crippen LogP contribution in [0, 0.1) is 0 Å². The molecule has 4 nitrogen and oxygen atoms in total. The molecule has 0 spiro atoms. The van der Waals surface area contributed by atoms with Gasteiger partial charge in [-0.15, -0.1) is 0 Å². The zero-order valence-corrected chi connectivity index (χ0v) is 8.60. The van der Waals surface area contributed by atoms with Gasteiger partial charge in [0, 0.05) is 5.56 Å². The summed E-state index contributed by atoms with van der Waals surface area (Å²) in [7, 11) is 0. The molecule has 0 unspecified atom stereocenters. The molecule has 0 bridgehead atoms. The molecule has 0 saturated carbocycles. The molecule has 15 heavy (non-hydrogen) atoms. The first-order valence-electron chi connectivity index (χ1n) is 4.99. The standard InChI is InChI=1S/C11H13N3O/c1-2-12-8-10-13-11(15-14-10)9-6-4-3-5-7-9/h3-7,12H,2,8H2,1H3. The Kier molecular flexibility index (Phi) is 3.09. The number of hydrogen-bond acceptors (Lipinski definition) is 4. The number of nitrogens with zero attached hydrogens (tertiary/aromatic N) is 2. The number of benzene rings is 1. The van der Waals surface area contributed by atoms with Crippen LogP contribution >= 0.6 is 0 Å². The van der Waals surface area contributed by atoms with E-state index in [-0.39, 0.29) is 0 Å². The number of rotatable bonds is 4. The Balaban J connectivity index is 2.14. The van der Waals surface area contributed by atoms with Gasteiger partial charge in [0.05, 0.1) is 6.54 Å². The highest BCUT2D eigenvalue weighted by molar-refractivity contribution is 5.51. The summed E-state index contributed by atoms with van der Waals surface area (Å²) in [6, 6.07) is 9.75. The second-order valence-electron chi connectivity index (χ2n) is 3.16. The van der Waals surface area contributed by atoms with E-state index >= 15 is 0 Å². The van der Waals surface area contributed by atoms with E-state index in [1.807, 2.05) is 37.3 Å². The van der Waals surface area contributed by atoms with Crippen LogP contribution in [0.5, 0.6) is 0 Å². The molecule has 4 heteroatoms. The van der Waals surface area contributed by atoms with Gasteiger partial charge in [-0.3, -0.25) is 0 Å². The number of nitrogens with one attached hydrogen (secondary N) is 1. The van der Waals surface area contributed by atoms with Crippen LogP contribution < -0.4 is 5.32 Å². The van der Waals surface area contributed by atoms with Gasteiger partial charge in [0.15, 0.2) is 5.82 Å². The third-order valence-corrected chi connectivity index (χ3v) is 2.02. The summed E-state index contributed by atoms with van der Waals surface area (Å²) in [5.74, 6) is 1.26. The minimum Gasteiger partial charge on any atom is -0.334 e. The zero-order chi connectivity index (χ0) is 10.5. The van der Waals surface area contributed by atoms with E-state index < -0.39 is 0 Å². The van der Waals surface area contributed by atoms with E-state index in [4.69, 9.17) is 4.52 Å². The molecule has 1 heterocycles. The van der Waals surface area contributed by atoms with Crippen molar-refractivity contribution in [1.82, 2.24) is 15.5 Å². The van der Waals surface area contributed by atoms with Crippen molar-refractivity contribution in [2.75, 3.05) is 6.54 Å². The lowest BCUT2D eigenvalue weighted by atomic mass is 10.2. The quantitative estimate of drug-likeness (QED) is 0.823. The van der Waals surface area contributed by atoms with Gasteiger partial charge in [-0.05, 0) is 18.7 Å². The molecule has 0 saturated heterocycles. The highest BCUT2D eigenvalue weighted by Gasteiger charge is 2.06. The van der Waals surface area contributed by atoms with Crippen LogP contribution in [0.3, 0.4) is 0 Å². The molecule has 0 aliphatic carbocycles. The molecule has 0 aliphatic heterocycles. The third-order valence-electron chi connectivity index (χ3n) is 2.02. The summed E-state index contributed by atoms with van der Waals surface area (Å²) in [6.45, 7) is 3.58. The molecule has 1 aromatic heterocycles. The van der Waals surface area contributed by atoms with Crippen molar-refractivity contribution in [3.63, 3.8) is 0 Å². The van der Waals surface area contributed by atoms with Gasteiger partial charge in [-0.2, -0.15) is 4.98 Å². The summed E-state index contributed by atoms with van der Waals surface area (Å²) < 4.78 is 5.15. The van der Waals surface area contributed by atoms with Crippen LogP contribution in [-0.2, 0) is 6.54 Å². The van der Waals surface area contributed by atoms with E-state index in [1.165, 1.54) is 0 Å². The predicted molar refractivity (Wildman–Crippen MR) is 57.1 cm³/mol. The lowest BCUT2D eigenvalue weighted by molar-refractivity contribution is 0.420. The smallest absolute Gasteiger partial charge is 0.257 e. The number of aromatic nitrogens is 2. The Labute approximate surface area is 88.3 Å². The van der Waals surface area contributed by atoms with E-state index in [9.17, 15) is 0 Å². The van der Waals surface area contributed by atoms with E-state index in [0.717, 1.165) is 12.1 Å². The Morgan fingerprint density at radius 1 is 1.27 bits per heavy atom. The van der Waals surface area contributed by atoms with Gasteiger partial charge < -0.3 is 9.84 Å². The molecule has 0 radical (unpaired) electrons. The van der Waals surface area contributed by atoms with Gasteiger partial charge in [0.25, 0.3) is 5.89 Å². The lowest BCUT2D eigenvalue weighted by Gasteiger charge is -1.92. The first-order chi connectivity index (χ1) is 7.40. The maximum atomic E-state index is 5.15. The fourth-order valence-electron chi connectivity index (χ4n) is 1.26. The summed E-state index contributed by atoms with van der Waals surface area (Å²) in [6.07, 6.45) is 0.